The van der Waals surface area contributed by atoms with Crippen molar-refractivity contribution in [2.24, 2.45) is 5.10 Å². The predicted molar refractivity (Wildman–Crippen MR) is 107 cm³/mol. The molecule has 2 rings (SSSR count). The lowest BCUT2D eigenvalue weighted by molar-refractivity contribution is -0.120. The second-order valence-electron chi connectivity index (χ2n) is 5.04. The van der Waals surface area contributed by atoms with E-state index in [0.29, 0.717) is 22.6 Å². The van der Waals surface area contributed by atoms with Gasteiger partial charge in [-0.1, -0.05) is 18.2 Å². The van der Waals surface area contributed by atoms with E-state index in [4.69, 9.17) is 9.47 Å². The molecule has 0 radical (unpaired) electrons. The van der Waals surface area contributed by atoms with E-state index >= 15 is 0 Å². The molecule has 2 aromatic rings. The Kier molecular flexibility index (Phi) is 7.39. The van der Waals surface area contributed by atoms with Gasteiger partial charge in [-0.2, -0.15) is 5.10 Å². The molecule has 0 spiro atoms. The molecule has 7 nitrogen and oxygen atoms in total. The molecule has 0 aromatic heterocycles. The molecule has 0 aliphatic carbocycles. The molecule has 0 atom stereocenters. The van der Waals surface area contributed by atoms with Gasteiger partial charge in [0.2, 0.25) is 0 Å². The third kappa shape index (κ3) is 5.19. The summed E-state index contributed by atoms with van der Waals surface area (Å²) < 4.78 is 11.3. The van der Waals surface area contributed by atoms with Crippen LogP contribution >= 0.6 is 22.6 Å². The highest BCUT2D eigenvalue weighted by atomic mass is 127. The molecule has 0 saturated carbocycles. The number of amides is 2. The van der Waals surface area contributed by atoms with E-state index in [2.05, 4.69) is 38.4 Å². The number of methoxy groups -OCH3 is 2. The zero-order valence-corrected chi connectivity index (χ0v) is 16.4. The number of nitrogens with one attached hydrogen (secondary N) is 2. The third-order valence-electron chi connectivity index (χ3n) is 3.35. The van der Waals surface area contributed by atoms with Crippen LogP contribution in [-0.4, -0.2) is 38.8 Å². The molecule has 0 unspecified atom stereocenters. The van der Waals surface area contributed by atoms with Crippen LogP contribution in [0.5, 0.6) is 11.5 Å². The summed E-state index contributed by atoms with van der Waals surface area (Å²) in [5, 5.41) is 6.44. The average Bonchev–Trinajstić information content (AvgIpc) is 2.66. The highest BCUT2D eigenvalue weighted by Gasteiger charge is 2.10. The van der Waals surface area contributed by atoms with Gasteiger partial charge in [-0.15, -0.1) is 0 Å². The summed E-state index contributed by atoms with van der Waals surface area (Å²) in [5.74, 6) is 0.318. The van der Waals surface area contributed by atoms with E-state index < -0.39 is 5.91 Å². The molecular formula is C18H18IN3O4. The SMILES string of the molecule is COc1cccc(C=NNC(=O)CNC(=O)c2ccccc2I)c1OC. The Labute approximate surface area is 164 Å². The van der Waals surface area contributed by atoms with Crippen LogP contribution in [0.25, 0.3) is 0 Å². The number of hydrazone groups is 1. The second kappa shape index (κ2) is 9.76. The number of nitrogens with zero attached hydrogens (tertiary/aromatic N) is 1. The Balaban J connectivity index is 1.90. The van der Waals surface area contributed by atoms with Crippen molar-refractivity contribution in [3.63, 3.8) is 0 Å². The molecule has 0 aliphatic rings. The molecule has 2 amide bonds. The molecule has 0 bridgehead atoms. The van der Waals surface area contributed by atoms with Gasteiger partial charge in [0.1, 0.15) is 0 Å². The predicted octanol–water partition coefficient (Wildman–Crippen LogP) is 2.19. The van der Waals surface area contributed by atoms with E-state index in [1.165, 1.54) is 20.4 Å². The van der Waals surface area contributed by atoms with Gasteiger partial charge in [0.05, 0.1) is 32.5 Å². The Morgan fingerprint density at radius 3 is 2.58 bits per heavy atom. The quantitative estimate of drug-likeness (QED) is 0.371. The van der Waals surface area contributed by atoms with Gasteiger partial charge in [0, 0.05) is 9.13 Å². The molecule has 0 aliphatic heterocycles. The summed E-state index contributed by atoms with van der Waals surface area (Å²) in [7, 11) is 3.06. The normalized spacial score (nSPS) is 10.4. The number of hydrogen-bond acceptors (Lipinski definition) is 5. The molecule has 8 heteroatoms. The molecule has 136 valence electrons. The van der Waals surface area contributed by atoms with E-state index in [1.807, 2.05) is 12.1 Å². The lowest BCUT2D eigenvalue weighted by atomic mass is 10.2. The molecule has 2 N–H and O–H groups in total. The van der Waals surface area contributed by atoms with Gasteiger partial charge in [0.25, 0.3) is 11.8 Å². The number of halogens is 1. The first-order chi connectivity index (χ1) is 12.6. The van der Waals surface area contributed by atoms with Crippen LogP contribution in [0.3, 0.4) is 0 Å². The number of rotatable bonds is 7. The van der Waals surface area contributed by atoms with Crippen LogP contribution in [0.15, 0.2) is 47.6 Å². The minimum absolute atomic E-state index is 0.184. The summed E-state index contributed by atoms with van der Waals surface area (Å²) in [4.78, 5) is 23.9. The second-order valence-corrected chi connectivity index (χ2v) is 6.20. The number of carbonyl (C=O) groups excluding carboxylic acids is 2. The zero-order chi connectivity index (χ0) is 18.9. The monoisotopic (exact) mass is 467 g/mol. The third-order valence-corrected chi connectivity index (χ3v) is 4.29. The van der Waals surface area contributed by atoms with Crippen molar-refractivity contribution in [3.05, 3.63) is 57.2 Å². The van der Waals surface area contributed by atoms with Gasteiger partial charge < -0.3 is 14.8 Å². The smallest absolute Gasteiger partial charge is 0.259 e. The highest BCUT2D eigenvalue weighted by Crippen LogP contribution is 2.29. The molecule has 0 saturated heterocycles. The van der Waals surface area contributed by atoms with Crippen LogP contribution in [0, 0.1) is 3.57 Å². The van der Waals surface area contributed by atoms with Crippen LogP contribution in [-0.2, 0) is 4.79 Å². The Hall–Kier alpha value is -2.62. The van der Waals surface area contributed by atoms with Crippen molar-refractivity contribution in [3.8, 4) is 11.5 Å². The van der Waals surface area contributed by atoms with E-state index in [0.717, 1.165) is 3.57 Å². The standard InChI is InChI=1S/C18H18IN3O4/c1-25-15-9-5-6-12(17(15)26-2)10-21-22-16(23)11-20-18(24)13-7-3-4-8-14(13)19/h3-10H,11H2,1-2H3,(H,20,24)(H,22,23). The lowest BCUT2D eigenvalue weighted by Crippen LogP contribution is -2.35. The Morgan fingerprint density at radius 2 is 1.88 bits per heavy atom. The first kappa shape index (κ1) is 19.7. The number of benzene rings is 2. The molecule has 26 heavy (non-hydrogen) atoms. The van der Waals surface area contributed by atoms with Gasteiger partial charge in [-0.25, -0.2) is 5.43 Å². The van der Waals surface area contributed by atoms with Gasteiger partial charge >= 0.3 is 0 Å². The molecular weight excluding hydrogens is 449 g/mol. The fourth-order valence-corrected chi connectivity index (χ4v) is 2.76. The fraction of sp³-hybridized carbons (Fsp3) is 0.167. The maximum absolute atomic E-state index is 12.1. The largest absolute Gasteiger partial charge is 0.493 e. The fourth-order valence-electron chi connectivity index (χ4n) is 2.13. The van der Waals surface area contributed by atoms with Crippen molar-refractivity contribution in [1.82, 2.24) is 10.7 Å². The van der Waals surface area contributed by atoms with Gasteiger partial charge in [-0.05, 0) is 46.9 Å². The minimum atomic E-state index is -0.442. The van der Waals surface area contributed by atoms with Crippen molar-refractivity contribution in [2.75, 3.05) is 20.8 Å². The summed E-state index contributed by atoms with van der Waals surface area (Å²) in [6, 6.07) is 12.4. The number of ether oxygens (including phenoxy) is 2. The van der Waals surface area contributed by atoms with Crippen LogP contribution < -0.4 is 20.2 Å². The van der Waals surface area contributed by atoms with Crippen molar-refractivity contribution in [1.29, 1.82) is 0 Å². The maximum atomic E-state index is 12.1. The Bertz CT molecular complexity index is 824. The highest BCUT2D eigenvalue weighted by molar-refractivity contribution is 14.1. The average molecular weight is 467 g/mol. The summed E-state index contributed by atoms with van der Waals surface area (Å²) in [6.45, 7) is -0.184. The number of carbonyl (C=O) groups is 2. The summed E-state index contributed by atoms with van der Waals surface area (Å²) in [5.41, 5.74) is 3.53. The maximum Gasteiger partial charge on any atom is 0.259 e. The van der Waals surface area contributed by atoms with Crippen LogP contribution in [0.1, 0.15) is 15.9 Å². The van der Waals surface area contributed by atoms with E-state index in [1.54, 1.807) is 30.3 Å². The van der Waals surface area contributed by atoms with Gasteiger partial charge in [0.15, 0.2) is 11.5 Å². The van der Waals surface area contributed by atoms with Crippen molar-refractivity contribution < 1.29 is 19.1 Å². The van der Waals surface area contributed by atoms with Crippen molar-refractivity contribution >= 4 is 40.6 Å². The van der Waals surface area contributed by atoms with Crippen LogP contribution in [0.2, 0.25) is 0 Å². The van der Waals surface area contributed by atoms with Gasteiger partial charge in [-0.3, -0.25) is 9.59 Å². The first-order valence-corrected chi connectivity index (χ1v) is 8.70. The summed E-state index contributed by atoms with van der Waals surface area (Å²) >= 11 is 2.07. The van der Waals surface area contributed by atoms with E-state index in [9.17, 15) is 9.59 Å². The topological polar surface area (TPSA) is 89.0 Å². The minimum Gasteiger partial charge on any atom is -0.493 e. The molecule has 0 heterocycles. The first-order valence-electron chi connectivity index (χ1n) is 7.62. The Morgan fingerprint density at radius 1 is 1.12 bits per heavy atom. The zero-order valence-electron chi connectivity index (χ0n) is 14.3. The van der Waals surface area contributed by atoms with E-state index in [-0.39, 0.29) is 12.5 Å². The summed E-state index contributed by atoms with van der Waals surface area (Å²) in [6.07, 6.45) is 1.45. The number of hydrogen-bond donors (Lipinski definition) is 2. The van der Waals surface area contributed by atoms with Crippen LogP contribution in [0.4, 0.5) is 0 Å². The van der Waals surface area contributed by atoms with Crippen molar-refractivity contribution in [2.45, 2.75) is 0 Å². The number of para-hydroxylation sites is 1. The molecule has 2 aromatic carbocycles. The lowest BCUT2D eigenvalue weighted by Gasteiger charge is -2.09. The molecule has 0 fully saturated rings.